The lowest BCUT2D eigenvalue weighted by Crippen LogP contribution is -2.30. The van der Waals surface area contributed by atoms with E-state index in [1.165, 1.54) is 12.5 Å². The number of nitrogens with two attached hydrogens (primary N) is 1. The first-order valence-electron chi connectivity index (χ1n) is 6.94. The highest BCUT2D eigenvalue weighted by Crippen LogP contribution is 2.09. The zero-order valence-electron chi connectivity index (χ0n) is 13.0. The summed E-state index contributed by atoms with van der Waals surface area (Å²) in [5, 5.41) is 9.67. The van der Waals surface area contributed by atoms with Gasteiger partial charge in [0.25, 0.3) is 0 Å². The number of amidine groups is 1. The number of halogens is 3. The molecule has 0 bridgehead atoms. The van der Waals surface area contributed by atoms with Crippen LogP contribution in [0.25, 0.3) is 0 Å². The fourth-order valence-corrected chi connectivity index (χ4v) is 1.99. The van der Waals surface area contributed by atoms with E-state index in [4.69, 9.17) is 22.7 Å². The first-order valence-corrected chi connectivity index (χ1v) is 8.90. The van der Waals surface area contributed by atoms with Gasteiger partial charge in [-0.05, 0) is 49.9 Å². The summed E-state index contributed by atoms with van der Waals surface area (Å²) >= 11 is 12.0. The normalized spacial score (nSPS) is 13.6. The molecule has 0 aromatic carbocycles. The summed E-state index contributed by atoms with van der Waals surface area (Å²) in [6.07, 6.45) is 14.2. The van der Waals surface area contributed by atoms with Gasteiger partial charge in [-0.3, -0.25) is 5.41 Å². The maximum Gasteiger partial charge on any atom is 0.214 e. The Bertz CT molecular complexity index is 712. The van der Waals surface area contributed by atoms with Gasteiger partial charge in [0.15, 0.2) is 5.96 Å². The summed E-state index contributed by atoms with van der Waals surface area (Å²) in [6, 6.07) is 0. The van der Waals surface area contributed by atoms with Gasteiger partial charge in [0.2, 0.25) is 5.29 Å². The maximum absolute atomic E-state index is 6.97. The smallest absolute Gasteiger partial charge is 0.214 e. The Labute approximate surface area is 167 Å². The molecule has 0 radical (unpaired) electrons. The molecular weight excluding hydrogens is 473 g/mol. The van der Waals surface area contributed by atoms with Crippen molar-refractivity contribution < 1.29 is 0 Å². The predicted octanol–water partition coefficient (Wildman–Crippen LogP) is 3.59. The van der Waals surface area contributed by atoms with Crippen molar-refractivity contribution in [3.05, 3.63) is 57.7 Å². The minimum atomic E-state index is -0.268. The van der Waals surface area contributed by atoms with E-state index in [1.54, 1.807) is 18.6 Å². The van der Waals surface area contributed by atoms with Crippen LogP contribution < -0.4 is 11.1 Å². The Morgan fingerprint density at radius 1 is 1.32 bits per heavy atom. The molecule has 1 rings (SSSR count). The van der Waals surface area contributed by atoms with Crippen LogP contribution in [0.4, 0.5) is 0 Å². The van der Waals surface area contributed by atoms with E-state index < -0.39 is 0 Å². The molecule has 0 aliphatic carbocycles. The summed E-state index contributed by atoms with van der Waals surface area (Å²) in [5.74, 6) is 0.288. The van der Waals surface area contributed by atoms with Crippen molar-refractivity contribution in [1.29, 1.82) is 5.41 Å². The van der Waals surface area contributed by atoms with Crippen LogP contribution in [0.1, 0.15) is 12.0 Å². The van der Waals surface area contributed by atoms with E-state index >= 15 is 0 Å². The molecule has 1 aromatic heterocycles. The summed E-state index contributed by atoms with van der Waals surface area (Å²) in [7, 11) is 0. The molecular formula is C15H16Br2ClN7. The Morgan fingerprint density at radius 2 is 2.04 bits per heavy atom. The van der Waals surface area contributed by atoms with E-state index in [0.29, 0.717) is 13.0 Å². The van der Waals surface area contributed by atoms with Gasteiger partial charge in [-0.15, -0.1) is 0 Å². The van der Waals surface area contributed by atoms with Gasteiger partial charge < -0.3 is 11.1 Å². The summed E-state index contributed by atoms with van der Waals surface area (Å²) in [4.78, 5) is 15.6. The number of hydrogen-bond donors (Lipinski definition) is 3. The molecule has 25 heavy (non-hydrogen) atoms. The number of hydrogen-bond acceptors (Lipinski definition) is 4. The van der Waals surface area contributed by atoms with Gasteiger partial charge in [-0.25, -0.2) is 20.0 Å². The van der Waals surface area contributed by atoms with Crippen LogP contribution in [-0.4, -0.2) is 27.4 Å². The number of guanidine groups is 1. The zero-order chi connectivity index (χ0) is 18.5. The van der Waals surface area contributed by atoms with E-state index in [0.717, 1.165) is 14.5 Å². The number of aliphatic imine (C=N–C) groups is 2. The number of rotatable bonds is 7. The molecule has 7 nitrogen and oxygen atoms in total. The monoisotopic (exact) mass is 487 g/mol. The van der Waals surface area contributed by atoms with E-state index in [-0.39, 0.29) is 11.3 Å². The standard InChI is InChI=1S/C15H16Br2ClN7/c16-12(8-23-14(18)19)3-1-2-4-13(17)9-25-15(20)24-7-11-5-21-10-22-6-11/h2-6,8-10,19H,1,7H2,(H3,20,24,25)/b4-2+,12-3+,13-9+,19-14?,23-8-. The molecule has 1 aromatic rings. The number of nitrogens with zero attached hydrogens (tertiary/aromatic N) is 4. The molecule has 0 fully saturated rings. The number of aromatic nitrogens is 2. The average molecular weight is 490 g/mol. The van der Waals surface area contributed by atoms with Crippen LogP contribution in [0.5, 0.6) is 0 Å². The van der Waals surface area contributed by atoms with Crippen LogP contribution in [0.2, 0.25) is 0 Å². The van der Waals surface area contributed by atoms with Gasteiger partial charge in [0.1, 0.15) is 6.33 Å². The zero-order valence-corrected chi connectivity index (χ0v) is 17.0. The lowest BCUT2D eigenvalue weighted by Gasteiger charge is -2.03. The molecule has 0 unspecified atom stereocenters. The van der Waals surface area contributed by atoms with Crippen LogP contribution in [0, 0.1) is 5.41 Å². The predicted molar refractivity (Wildman–Crippen MR) is 110 cm³/mol. The Kier molecular flexibility index (Phi) is 10.6. The summed E-state index contributed by atoms with van der Waals surface area (Å²) < 4.78 is 1.50. The first-order chi connectivity index (χ1) is 12.0. The molecule has 1 heterocycles. The van der Waals surface area contributed by atoms with Gasteiger partial charge in [-0.1, -0.05) is 18.2 Å². The third kappa shape index (κ3) is 11.4. The molecule has 4 N–H and O–H groups in total. The molecule has 10 heteroatoms. The molecule has 0 atom stereocenters. The minimum Gasteiger partial charge on any atom is -0.370 e. The van der Waals surface area contributed by atoms with E-state index in [9.17, 15) is 0 Å². The Hall–Kier alpha value is -1.84. The molecule has 0 saturated heterocycles. The highest BCUT2D eigenvalue weighted by Gasteiger charge is 1.94. The molecule has 0 saturated carbocycles. The largest absolute Gasteiger partial charge is 0.370 e. The van der Waals surface area contributed by atoms with Gasteiger partial charge in [-0.2, -0.15) is 0 Å². The van der Waals surface area contributed by atoms with Crippen LogP contribution in [-0.2, 0) is 6.54 Å². The second kappa shape index (κ2) is 12.5. The van der Waals surface area contributed by atoms with E-state index in [2.05, 4.69) is 57.1 Å². The van der Waals surface area contributed by atoms with Crippen molar-refractivity contribution in [2.24, 2.45) is 15.7 Å². The van der Waals surface area contributed by atoms with Gasteiger partial charge in [0, 0.05) is 45.9 Å². The van der Waals surface area contributed by atoms with Gasteiger partial charge in [0.05, 0.1) is 0 Å². The van der Waals surface area contributed by atoms with Crippen molar-refractivity contribution in [2.75, 3.05) is 0 Å². The molecule has 0 spiro atoms. The van der Waals surface area contributed by atoms with E-state index in [1.807, 2.05) is 18.2 Å². The SMILES string of the molecule is N=C(Cl)/N=C\C(Br)=C/C/C=C/C(Br)=C\N=C(/N)NCc1cncnc1. The second-order valence-electron chi connectivity index (χ2n) is 4.40. The summed E-state index contributed by atoms with van der Waals surface area (Å²) in [5.41, 5.74) is 6.68. The third-order valence-electron chi connectivity index (χ3n) is 2.44. The third-order valence-corrected chi connectivity index (χ3v) is 3.54. The topological polar surface area (TPSA) is 112 Å². The van der Waals surface area contributed by atoms with Crippen molar-refractivity contribution in [2.45, 2.75) is 13.0 Å². The van der Waals surface area contributed by atoms with Crippen LogP contribution in [0.3, 0.4) is 0 Å². The molecule has 0 amide bonds. The highest BCUT2D eigenvalue weighted by atomic mass is 79.9. The van der Waals surface area contributed by atoms with Crippen LogP contribution >= 0.6 is 43.5 Å². The fraction of sp³-hybridized carbons (Fsp3) is 0.133. The summed E-state index contributed by atoms with van der Waals surface area (Å²) in [6.45, 7) is 0.498. The molecule has 0 aliphatic heterocycles. The molecule has 0 aliphatic rings. The fourth-order valence-electron chi connectivity index (χ4n) is 1.37. The quantitative estimate of drug-likeness (QED) is 0.235. The maximum atomic E-state index is 6.97. The average Bonchev–Trinajstić information content (AvgIpc) is 2.61. The van der Waals surface area contributed by atoms with Crippen molar-refractivity contribution >= 4 is 60.9 Å². The number of allylic oxidation sites excluding steroid dienone is 5. The highest BCUT2D eigenvalue weighted by molar-refractivity contribution is 9.12. The van der Waals surface area contributed by atoms with Crippen molar-refractivity contribution in [1.82, 2.24) is 15.3 Å². The minimum absolute atomic E-state index is 0.268. The van der Waals surface area contributed by atoms with Gasteiger partial charge >= 0.3 is 0 Å². The Balaban J connectivity index is 2.43. The Morgan fingerprint density at radius 3 is 2.72 bits per heavy atom. The molecule has 132 valence electrons. The lowest BCUT2D eigenvalue weighted by molar-refractivity contribution is 0.883. The lowest BCUT2D eigenvalue weighted by atomic mass is 10.3. The first kappa shape index (κ1) is 21.2. The van der Waals surface area contributed by atoms with Crippen molar-refractivity contribution in [3.8, 4) is 0 Å². The number of nitrogens with one attached hydrogen (secondary N) is 2. The second-order valence-corrected chi connectivity index (χ2v) is 6.59. The van der Waals surface area contributed by atoms with Crippen LogP contribution in [0.15, 0.2) is 62.1 Å². The van der Waals surface area contributed by atoms with Crippen molar-refractivity contribution in [3.63, 3.8) is 0 Å².